The highest BCUT2D eigenvalue weighted by Crippen LogP contribution is 2.23. The molecule has 0 radical (unpaired) electrons. The quantitative estimate of drug-likeness (QED) is 0.942. The summed E-state index contributed by atoms with van der Waals surface area (Å²) in [6.07, 6.45) is -1.93. The number of benzene rings is 1. The number of aromatic nitrogens is 2. The fourth-order valence-corrected chi connectivity index (χ4v) is 1.70. The summed E-state index contributed by atoms with van der Waals surface area (Å²) in [7, 11) is 0. The molecule has 0 spiro atoms. The van der Waals surface area contributed by atoms with Crippen LogP contribution < -0.4 is 10.1 Å². The number of aryl methyl sites for hydroxylation is 1. The van der Waals surface area contributed by atoms with E-state index in [9.17, 15) is 18.0 Å². The van der Waals surface area contributed by atoms with E-state index < -0.39 is 12.3 Å². The standard InChI is InChI=1S/C14H12F3N3O2/c1-9-6-18-8-12(20-9)13(21)19-7-10-3-2-4-11(5-10)22-14(15,16)17/h2-6,8H,7H2,1H3,(H,19,21). The van der Waals surface area contributed by atoms with Crippen LogP contribution in [0.1, 0.15) is 21.7 Å². The number of nitrogens with one attached hydrogen (secondary N) is 1. The van der Waals surface area contributed by atoms with E-state index in [0.717, 1.165) is 0 Å². The van der Waals surface area contributed by atoms with Gasteiger partial charge in [0.25, 0.3) is 5.91 Å². The number of halogens is 3. The maximum Gasteiger partial charge on any atom is 0.573 e. The average Bonchev–Trinajstić information content (AvgIpc) is 2.43. The summed E-state index contributed by atoms with van der Waals surface area (Å²) in [6, 6.07) is 5.38. The van der Waals surface area contributed by atoms with E-state index >= 15 is 0 Å². The summed E-state index contributed by atoms with van der Waals surface area (Å²) < 4.78 is 40.2. The minimum Gasteiger partial charge on any atom is -0.406 e. The minimum atomic E-state index is -4.75. The lowest BCUT2D eigenvalue weighted by Gasteiger charge is -2.10. The van der Waals surface area contributed by atoms with Crippen molar-refractivity contribution < 1.29 is 22.7 Å². The van der Waals surface area contributed by atoms with Crippen LogP contribution >= 0.6 is 0 Å². The van der Waals surface area contributed by atoms with Gasteiger partial charge >= 0.3 is 6.36 Å². The first-order valence-corrected chi connectivity index (χ1v) is 6.25. The predicted octanol–water partition coefficient (Wildman–Crippen LogP) is 2.61. The highest BCUT2D eigenvalue weighted by Gasteiger charge is 2.31. The largest absolute Gasteiger partial charge is 0.573 e. The Hall–Kier alpha value is -2.64. The molecule has 0 aliphatic carbocycles. The van der Waals surface area contributed by atoms with Gasteiger partial charge in [-0.25, -0.2) is 4.98 Å². The van der Waals surface area contributed by atoms with Crippen LogP contribution in [0, 0.1) is 6.92 Å². The molecule has 1 aromatic heterocycles. The number of rotatable bonds is 4. The lowest BCUT2D eigenvalue weighted by molar-refractivity contribution is -0.274. The third-order valence-electron chi connectivity index (χ3n) is 2.57. The third kappa shape index (κ3) is 4.72. The van der Waals surface area contributed by atoms with Gasteiger partial charge in [0.15, 0.2) is 0 Å². The van der Waals surface area contributed by atoms with Gasteiger partial charge in [-0.15, -0.1) is 13.2 Å². The van der Waals surface area contributed by atoms with Crippen LogP contribution in [0.25, 0.3) is 0 Å². The Bertz CT molecular complexity index is 674. The minimum absolute atomic E-state index is 0.0452. The highest BCUT2D eigenvalue weighted by atomic mass is 19.4. The molecule has 0 aliphatic heterocycles. The van der Waals surface area contributed by atoms with Crippen molar-refractivity contribution in [2.45, 2.75) is 19.8 Å². The molecule has 0 atom stereocenters. The predicted molar refractivity (Wildman–Crippen MR) is 71.1 cm³/mol. The van der Waals surface area contributed by atoms with Gasteiger partial charge in [-0.1, -0.05) is 12.1 Å². The Morgan fingerprint density at radius 2 is 2.09 bits per heavy atom. The Morgan fingerprint density at radius 3 is 2.77 bits per heavy atom. The zero-order chi connectivity index (χ0) is 16.2. The molecule has 2 aromatic rings. The van der Waals surface area contributed by atoms with Crippen LogP contribution in [0.5, 0.6) is 5.75 Å². The first kappa shape index (κ1) is 15.7. The molecule has 116 valence electrons. The summed E-state index contributed by atoms with van der Waals surface area (Å²) in [5, 5.41) is 2.55. The first-order valence-electron chi connectivity index (χ1n) is 6.25. The number of nitrogens with zero attached hydrogens (tertiary/aromatic N) is 2. The number of ether oxygens (including phenoxy) is 1. The smallest absolute Gasteiger partial charge is 0.406 e. The summed E-state index contributed by atoms with van der Waals surface area (Å²) in [5.74, 6) is -0.798. The Kier molecular flexibility index (Phi) is 4.59. The van der Waals surface area contributed by atoms with Gasteiger partial charge < -0.3 is 10.1 Å². The van der Waals surface area contributed by atoms with Crippen molar-refractivity contribution in [3.8, 4) is 5.75 Å². The Labute approximate surface area is 124 Å². The van der Waals surface area contributed by atoms with Gasteiger partial charge in [0, 0.05) is 12.7 Å². The van der Waals surface area contributed by atoms with Crippen molar-refractivity contribution in [3.05, 3.63) is 53.6 Å². The van der Waals surface area contributed by atoms with Crippen molar-refractivity contribution in [2.75, 3.05) is 0 Å². The molecule has 0 saturated heterocycles. The van der Waals surface area contributed by atoms with Crippen LogP contribution in [-0.4, -0.2) is 22.2 Å². The highest BCUT2D eigenvalue weighted by molar-refractivity contribution is 5.91. The first-order chi connectivity index (χ1) is 10.3. The van der Waals surface area contributed by atoms with E-state index in [4.69, 9.17) is 0 Å². The number of hydrogen-bond acceptors (Lipinski definition) is 4. The van der Waals surface area contributed by atoms with Crippen LogP contribution in [0.15, 0.2) is 36.7 Å². The molecule has 2 rings (SSSR count). The fourth-order valence-electron chi connectivity index (χ4n) is 1.70. The normalized spacial score (nSPS) is 11.1. The molecule has 0 unspecified atom stereocenters. The van der Waals surface area contributed by atoms with Crippen LogP contribution in [0.3, 0.4) is 0 Å². The average molecular weight is 311 g/mol. The van der Waals surface area contributed by atoms with Crippen molar-refractivity contribution in [3.63, 3.8) is 0 Å². The van der Waals surface area contributed by atoms with Gasteiger partial charge in [-0.3, -0.25) is 9.78 Å². The van der Waals surface area contributed by atoms with Crippen molar-refractivity contribution >= 4 is 5.91 Å². The van der Waals surface area contributed by atoms with Crippen molar-refractivity contribution in [2.24, 2.45) is 0 Å². The second-order valence-electron chi connectivity index (χ2n) is 4.42. The summed E-state index contributed by atoms with van der Waals surface area (Å²) in [6.45, 7) is 1.74. The molecule has 5 nitrogen and oxygen atoms in total. The van der Waals surface area contributed by atoms with Crippen LogP contribution in [0.2, 0.25) is 0 Å². The zero-order valence-corrected chi connectivity index (χ0v) is 11.5. The van der Waals surface area contributed by atoms with Gasteiger partial charge in [0.05, 0.1) is 11.9 Å². The molecule has 0 aliphatic rings. The van der Waals surface area contributed by atoms with Gasteiger partial charge in [0.2, 0.25) is 0 Å². The molecule has 8 heteroatoms. The number of carbonyl (C=O) groups is 1. The topological polar surface area (TPSA) is 64.1 Å². The molecule has 0 bridgehead atoms. The monoisotopic (exact) mass is 311 g/mol. The number of alkyl halides is 3. The van der Waals surface area contributed by atoms with Crippen molar-refractivity contribution in [1.82, 2.24) is 15.3 Å². The number of hydrogen-bond donors (Lipinski definition) is 1. The van der Waals surface area contributed by atoms with E-state index in [2.05, 4.69) is 20.0 Å². The molecular formula is C14H12F3N3O2. The molecule has 0 saturated carbocycles. The lowest BCUT2D eigenvalue weighted by Crippen LogP contribution is -2.24. The summed E-state index contributed by atoms with van der Waals surface area (Å²) in [5.41, 5.74) is 1.20. The molecular weight excluding hydrogens is 299 g/mol. The summed E-state index contributed by atoms with van der Waals surface area (Å²) >= 11 is 0. The van der Waals surface area contributed by atoms with E-state index in [1.807, 2.05) is 0 Å². The van der Waals surface area contributed by atoms with Crippen LogP contribution in [-0.2, 0) is 6.54 Å². The Morgan fingerprint density at radius 1 is 1.32 bits per heavy atom. The van der Waals surface area contributed by atoms with E-state index in [0.29, 0.717) is 11.3 Å². The molecule has 0 fully saturated rings. The van der Waals surface area contributed by atoms with E-state index in [-0.39, 0.29) is 18.0 Å². The SMILES string of the molecule is Cc1cncc(C(=O)NCc2cccc(OC(F)(F)F)c2)n1. The second-order valence-corrected chi connectivity index (χ2v) is 4.42. The van der Waals surface area contributed by atoms with E-state index in [1.54, 1.807) is 13.0 Å². The van der Waals surface area contributed by atoms with Gasteiger partial charge in [-0.05, 0) is 24.6 Å². The number of carbonyl (C=O) groups excluding carboxylic acids is 1. The van der Waals surface area contributed by atoms with E-state index in [1.165, 1.54) is 30.6 Å². The maximum atomic E-state index is 12.1. The lowest BCUT2D eigenvalue weighted by atomic mass is 10.2. The van der Waals surface area contributed by atoms with Gasteiger partial charge in [0.1, 0.15) is 11.4 Å². The molecule has 1 amide bonds. The van der Waals surface area contributed by atoms with Crippen LogP contribution in [0.4, 0.5) is 13.2 Å². The molecule has 22 heavy (non-hydrogen) atoms. The van der Waals surface area contributed by atoms with Gasteiger partial charge in [-0.2, -0.15) is 0 Å². The Balaban J connectivity index is 1.99. The second kappa shape index (κ2) is 6.42. The van der Waals surface area contributed by atoms with Crippen molar-refractivity contribution in [1.29, 1.82) is 0 Å². The summed E-state index contributed by atoms with van der Waals surface area (Å²) in [4.78, 5) is 19.7. The maximum absolute atomic E-state index is 12.1. The number of amides is 1. The molecule has 1 aromatic carbocycles. The fraction of sp³-hybridized carbons (Fsp3) is 0.214. The zero-order valence-electron chi connectivity index (χ0n) is 11.5. The molecule has 1 heterocycles. The third-order valence-corrected chi connectivity index (χ3v) is 2.57. The molecule has 1 N–H and O–H groups in total.